The molecule has 1 aliphatic carbocycles. The highest BCUT2D eigenvalue weighted by molar-refractivity contribution is 7.96. The van der Waals surface area contributed by atoms with Crippen LogP contribution in [0.1, 0.15) is 32.1 Å². The Hall–Kier alpha value is -2.66. The Morgan fingerprint density at radius 2 is 0.676 bits per heavy atom. The van der Waals surface area contributed by atoms with Gasteiger partial charge in [0.2, 0.25) is 0 Å². The van der Waals surface area contributed by atoms with E-state index < -0.39 is 19.2 Å². The molecule has 0 aromatic heterocycles. The Labute approximate surface area is 202 Å². The lowest BCUT2D eigenvalue weighted by Crippen LogP contribution is -2.45. The van der Waals surface area contributed by atoms with E-state index in [1.54, 1.807) is 0 Å². The first-order chi connectivity index (χ1) is 16.6. The summed E-state index contributed by atoms with van der Waals surface area (Å²) >= 11 is 0. The minimum absolute atomic E-state index is 0.676. The Balaban J connectivity index is 1.91. The molecule has 4 aromatic carbocycles. The highest BCUT2D eigenvalue weighted by atomic mass is 31.2. The molecule has 0 aliphatic heterocycles. The van der Waals surface area contributed by atoms with E-state index in [4.69, 9.17) is 0 Å². The van der Waals surface area contributed by atoms with Crippen LogP contribution in [0.4, 0.5) is 0 Å². The van der Waals surface area contributed by atoms with E-state index in [1.165, 1.54) is 0 Å². The van der Waals surface area contributed by atoms with Crippen molar-refractivity contribution in [2.45, 2.75) is 37.0 Å². The third kappa shape index (κ3) is 3.56. The van der Waals surface area contributed by atoms with Crippen LogP contribution in [0.2, 0.25) is 0 Å². The van der Waals surface area contributed by atoms with E-state index in [0.717, 1.165) is 40.5 Å². The lowest BCUT2D eigenvalue weighted by molar-refractivity contribution is 0.445. The van der Waals surface area contributed by atoms with Crippen molar-refractivity contribution in [3.05, 3.63) is 121 Å². The summed E-state index contributed by atoms with van der Waals surface area (Å²) in [5, 5.41) is 3.20. The molecule has 0 N–H and O–H groups in total. The Bertz CT molecular complexity index is 1130. The lowest BCUT2D eigenvalue weighted by Gasteiger charge is -2.49. The van der Waals surface area contributed by atoms with Gasteiger partial charge < -0.3 is 9.13 Å². The first-order valence-corrected chi connectivity index (χ1v) is 15.5. The summed E-state index contributed by atoms with van der Waals surface area (Å²) in [6, 6.07) is 39.3. The quantitative estimate of drug-likeness (QED) is 0.286. The van der Waals surface area contributed by atoms with Crippen LogP contribution < -0.4 is 21.2 Å². The molecular formula is C30H30O2P2. The van der Waals surface area contributed by atoms with E-state index in [2.05, 4.69) is 0 Å². The van der Waals surface area contributed by atoms with Crippen LogP contribution in [-0.2, 0) is 9.13 Å². The van der Waals surface area contributed by atoms with Gasteiger partial charge in [-0.15, -0.1) is 0 Å². The van der Waals surface area contributed by atoms with E-state index in [0.29, 0.717) is 12.8 Å². The van der Waals surface area contributed by atoms with E-state index in [-0.39, 0.29) is 0 Å². The van der Waals surface area contributed by atoms with Gasteiger partial charge in [-0.05, 0) is 12.8 Å². The second-order valence-corrected chi connectivity index (χ2v) is 15.7. The summed E-state index contributed by atoms with van der Waals surface area (Å²) in [7, 11) is -6.69. The second kappa shape index (κ2) is 9.53. The fraction of sp³-hybridized carbons (Fsp3) is 0.200. The minimum Gasteiger partial charge on any atom is -0.313 e. The summed E-state index contributed by atoms with van der Waals surface area (Å²) in [6.45, 7) is 0. The first-order valence-electron chi connectivity index (χ1n) is 12.1. The van der Waals surface area contributed by atoms with Crippen molar-refractivity contribution in [3.63, 3.8) is 0 Å². The highest BCUT2D eigenvalue weighted by Gasteiger charge is 2.61. The molecule has 34 heavy (non-hydrogen) atoms. The lowest BCUT2D eigenvalue weighted by atomic mass is 9.99. The van der Waals surface area contributed by atoms with Crippen LogP contribution in [0.3, 0.4) is 0 Å². The molecule has 1 saturated carbocycles. The summed E-state index contributed by atoms with van der Waals surface area (Å²) in [5.41, 5.74) is 0. The maximum atomic E-state index is 15.9. The van der Waals surface area contributed by atoms with Crippen LogP contribution in [0.25, 0.3) is 0 Å². The van der Waals surface area contributed by atoms with Crippen molar-refractivity contribution in [2.75, 3.05) is 0 Å². The number of hydrogen-bond acceptors (Lipinski definition) is 2. The van der Waals surface area contributed by atoms with Gasteiger partial charge in [0.05, 0.1) is 4.90 Å². The molecule has 0 amide bonds. The van der Waals surface area contributed by atoms with E-state index >= 15 is 9.13 Å². The molecule has 0 saturated heterocycles. The summed E-state index contributed by atoms with van der Waals surface area (Å²) in [6.07, 6.45) is 4.28. The predicted molar refractivity (Wildman–Crippen MR) is 145 cm³/mol. The van der Waals surface area contributed by atoms with E-state index in [1.807, 2.05) is 121 Å². The monoisotopic (exact) mass is 484 g/mol. The van der Waals surface area contributed by atoms with Crippen molar-refractivity contribution >= 4 is 35.5 Å². The van der Waals surface area contributed by atoms with Crippen molar-refractivity contribution < 1.29 is 9.13 Å². The van der Waals surface area contributed by atoms with Gasteiger partial charge in [0.25, 0.3) is 0 Å². The Kier molecular flexibility index (Phi) is 6.48. The molecule has 1 aliphatic rings. The molecule has 0 bridgehead atoms. The second-order valence-electron chi connectivity index (χ2n) is 9.10. The molecule has 0 spiro atoms. The van der Waals surface area contributed by atoms with Gasteiger partial charge in [-0.1, -0.05) is 141 Å². The third-order valence-electron chi connectivity index (χ3n) is 7.31. The van der Waals surface area contributed by atoms with Gasteiger partial charge in [-0.3, -0.25) is 0 Å². The topological polar surface area (TPSA) is 34.1 Å². The third-order valence-corrected chi connectivity index (χ3v) is 16.3. The molecular weight excluding hydrogens is 454 g/mol. The molecule has 0 atom stereocenters. The molecule has 1 fully saturated rings. The number of rotatable bonds is 6. The van der Waals surface area contributed by atoms with Gasteiger partial charge in [0.1, 0.15) is 0 Å². The highest BCUT2D eigenvalue weighted by Crippen LogP contribution is 2.78. The van der Waals surface area contributed by atoms with Crippen LogP contribution in [-0.4, -0.2) is 4.90 Å². The van der Waals surface area contributed by atoms with Crippen LogP contribution >= 0.6 is 14.3 Å². The van der Waals surface area contributed by atoms with E-state index in [9.17, 15) is 0 Å². The molecule has 0 radical (unpaired) electrons. The zero-order valence-electron chi connectivity index (χ0n) is 19.3. The molecule has 0 unspecified atom stereocenters. The Morgan fingerprint density at radius 3 is 0.941 bits per heavy atom. The van der Waals surface area contributed by atoms with Crippen molar-refractivity contribution in [1.29, 1.82) is 0 Å². The SMILES string of the molecule is O=P(c1ccccc1)(c1ccccc1)C1(P(=O)(c2ccccc2)c2ccccc2)CCCCC1. The summed E-state index contributed by atoms with van der Waals surface area (Å²) in [4.78, 5) is -0.885. The number of benzene rings is 4. The maximum Gasteiger partial charge on any atom is 0.156 e. The zero-order chi connectivity index (χ0) is 23.5. The summed E-state index contributed by atoms with van der Waals surface area (Å²) in [5.74, 6) is 0. The van der Waals surface area contributed by atoms with Gasteiger partial charge >= 0.3 is 0 Å². The van der Waals surface area contributed by atoms with Crippen LogP contribution in [0.5, 0.6) is 0 Å². The average Bonchev–Trinajstić information content (AvgIpc) is 2.94. The molecule has 4 aromatic rings. The largest absolute Gasteiger partial charge is 0.313 e. The molecule has 4 heteroatoms. The van der Waals surface area contributed by atoms with Crippen molar-refractivity contribution in [3.8, 4) is 0 Å². The minimum atomic E-state index is -3.35. The molecule has 0 heterocycles. The van der Waals surface area contributed by atoms with Crippen LogP contribution in [0, 0.1) is 0 Å². The average molecular weight is 485 g/mol. The van der Waals surface area contributed by atoms with Crippen molar-refractivity contribution in [2.24, 2.45) is 0 Å². The Morgan fingerprint density at radius 1 is 0.412 bits per heavy atom. The van der Waals surface area contributed by atoms with Gasteiger partial charge in [0.15, 0.2) is 14.3 Å². The maximum absolute atomic E-state index is 15.9. The van der Waals surface area contributed by atoms with Crippen molar-refractivity contribution in [1.82, 2.24) is 0 Å². The first kappa shape index (κ1) is 23.1. The molecule has 172 valence electrons. The van der Waals surface area contributed by atoms with Gasteiger partial charge in [0, 0.05) is 21.2 Å². The predicted octanol–water partition coefficient (Wildman–Crippen LogP) is 6.68. The fourth-order valence-corrected chi connectivity index (χ4v) is 15.5. The molecule has 5 rings (SSSR count). The fourth-order valence-electron chi connectivity index (χ4n) is 5.76. The van der Waals surface area contributed by atoms with Gasteiger partial charge in [-0.2, -0.15) is 0 Å². The normalized spacial score (nSPS) is 16.1. The zero-order valence-corrected chi connectivity index (χ0v) is 21.1. The van der Waals surface area contributed by atoms with Crippen LogP contribution in [0.15, 0.2) is 121 Å². The summed E-state index contributed by atoms with van der Waals surface area (Å²) < 4.78 is 31.8. The smallest absolute Gasteiger partial charge is 0.156 e. The number of hydrogen-bond donors (Lipinski definition) is 0. The standard InChI is InChI=1S/C30H30O2P2/c31-33(26-16-6-1-7-17-26,27-18-8-2-9-19-27)30(24-14-5-15-25-30)34(32,28-20-10-3-11-21-28)29-22-12-4-13-23-29/h1-4,6-13,16-23H,5,14-15,24-25H2. The van der Waals surface area contributed by atoms with Gasteiger partial charge in [-0.25, -0.2) is 0 Å². The molecule has 2 nitrogen and oxygen atoms in total.